The molecule has 0 rings (SSSR count). The van der Waals surface area contributed by atoms with E-state index >= 15 is 0 Å². The smallest absolute Gasteiger partial charge is 0.305 e. The maximum absolute atomic E-state index is 12.5. The highest BCUT2D eigenvalue weighted by molar-refractivity contribution is 5.76. The minimum absolute atomic E-state index is 0.0329. The second-order valence-corrected chi connectivity index (χ2v) is 20.0. The maximum atomic E-state index is 12.5. The van der Waals surface area contributed by atoms with Gasteiger partial charge in [-0.15, -0.1) is 0 Å². The van der Waals surface area contributed by atoms with Gasteiger partial charge in [-0.05, 0) is 51.4 Å². The van der Waals surface area contributed by atoms with Gasteiger partial charge < -0.3 is 20.3 Å². The first-order chi connectivity index (χ1) is 31.5. The van der Waals surface area contributed by atoms with Crippen molar-refractivity contribution < 1.29 is 24.5 Å². The summed E-state index contributed by atoms with van der Waals surface area (Å²) in [7, 11) is 0. The van der Waals surface area contributed by atoms with Crippen molar-refractivity contribution in [3.8, 4) is 0 Å². The van der Waals surface area contributed by atoms with E-state index in [1.165, 1.54) is 212 Å². The lowest BCUT2D eigenvalue weighted by atomic mass is 10.0. The second kappa shape index (κ2) is 54.2. The van der Waals surface area contributed by atoms with Crippen LogP contribution in [0.15, 0.2) is 12.2 Å². The number of allylic oxidation sites excluding steroid dienone is 2. The number of nitrogens with one attached hydrogen (secondary N) is 1. The standard InChI is InChI=1S/C58H113NO5/c1-3-5-7-9-11-13-15-17-19-20-21-22-23-24-25-26-27-28-30-34-38-42-46-50-56(61)55(54-60)59-57(62)51-47-43-39-35-32-33-37-41-45-49-53-64-58(63)52-48-44-40-36-31-29-18-16-14-12-10-8-6-4-2/h33,37,55-56,60-61H,3-32,34-36,38-54H2,1-2H3,(H,59,62)/b37-33-. The largest absolute Gasteiger partial charge is 0.466 e. The molecule has 0 fully saturated rings. The van der Waals surface area contributed by atoms with Gasteiger partial charge in [-0.3, -0.25) is 9.59 Å². The molecule has 0 aliphatic rings. The number of esters is 1. The summed E-state index contributed by atoms with van der Waals surface area (Å²) in [5.74, 6) is -0.0998. The number of carbonyl (C=O) groups excluding carboxylic acids is 2. The quantitative estimate of drug-likeness (QED) is 0.0321. The molecule has 0 saturated heterocycles. The summed E-state index contributed by atoms with van der Waals surface area (Å²) >= 11 is 0. The van der Waals surface area contributed by atoms with Gasteiger partial charge >= 0.3 is 5.97 Å². The molecule has 0 aliphatic carbocycles. The normalized spacial score (nSPS) is 12.6. The highest BCUT2D eigenvalue weighted by Gasteiger charge is 2.20. The Morgan fingerprint density at radius 2 is 0.734 bits per heavy atom. The Morgan fingerprint density at radius 3 is 1.11 bits per heavy atom. The predicted molar refractivity (Wildman–Crippen MR) is 278 cm³/mol. The van der Waals surface area contributed by atoms with Gasteiger partial charge in [-0.1, -0.05) is 270 Å². The van der Waals surface area contributed by atoms with Crippen molar-refractivity contribution in [3.63, 3.8) is 0 Å². The van der Waals surface area contributed by atoms with E-state index in [-0.39, 0.29) is 18.5 Å². The summed E-state index contributed by atoms with van der Waals surface area (Å²) in [6, 6.07) is -0.566. The first-order valence-corrected chi connectivity index (χ1v) is 28.9. The van der Waals surface area contributed by atoms with Crippen molar-refractivity contribution in [3.05, 3.63) is 12.2 Å². The molecule has 0 aromatic rings. The summed E-state index contributed by atoms with van der Waals surface area (Å²) in [4.78, 5) is 24.5. The zero-order valence-corrected chi connectivity index (χ0v) is 43.3. The van der Waals surface area contributed by atoms with Gasteiger partial charge in [0.1, 0.15) is 0 Å². The highest BCUT2D eigenvalue weighted by Crippen LogP contribution is 2.18. The highest BCUT2D eigenvalue weighted by atomic mass is 16.5. The van der Waals surface area contributed by atoms with Crippen LogP contribution < -0.4 is 5.32 Å². The number of aliphatic hydroxyl groups excluding tert-OH is 2. The van der Waals surface area contributed by atoms with Crippen LogP contribution in [0, 0.1) is 0 Å². The number of rotatable bonds is 54. The number of hydrogen-bond donors (Lipinski definition) is 3. The van der Waals surface area contributed by atoms with Gasteiger partial charge in [0.15, 0.2) is 0 Å². The van der Waals surface area contributed by atoms with Crippen LogP contribution in [-0.2, 0) is 14.3 Å². The average Bonchev–Trinajstić information content (AvgIpc) is 3.29. The number of unbranched alkanes of at least 4 members (excludes halogenated alkanes) is 41. The Labute approximate surface area is 399 Å². The van der Waals surface area contributed by atoms with Crippen LogP contribution in [-0.4, -0.2) is 47.4 Å². The fourth-order valence-electron chi connectivity index (χ4n) is 9.11. The molecule has 6 heteroatoms. The number of ether oxygens (including phenoxy) is 1. The fourth-order valence-corrected chi connectivity index (χ4v) is 9.11. The molecule has 1 amide bonds. The molecule has 0 heterocycles. The molecular weight excluding hydrogens is 791 g/mol. The lowest BCUT2D eigenvalue weighted by Gasteiger charge is -2.22. The van der Waals surface area contributed by atoms with Gasteiger partial charge in [0.25, 0.3) is 0 Å². The van der Waals surface area contributed by atoms with Crippen molar-refractivity contribution in [2.75, 3.05) is 13.2 Å². The number of carbonyl (C=O) groups is 2. The minimum atomic E-state index is -0.686. The van der Waals surface area contributed by atoms with E-state index in [2.05, 4.69) is 31.3 Å². The molecule has 0 aliphatic heterocycles. The minimum Gasteiger partial charge on any atom is -0.466 e. The summed E-state index contributed by atoms with van der Waals surface area (Å²) in [6.45, 7) is 4.89. The Kier molecular flexibility index (Phi) is 53.0. The first kappa shape index (κ1) is 62.6. The lowest BCUT2D eigenvalue weighted by molar-refractivity contribution is -0.143. The van der Waals surface area contributed by atoms with E-state index in [0.717, 1.165) is 77.0 Å². The maximum Gasteiger partial charge on any atom is 0.305 e. The third-order valence-corrected chi connectivity index (χ3v) is 13.6. The summed E-state index contributed by atoms with van der Waals surface area (Å²) in [5.41, 5.74) is 0. The van der Waals surface area contributed by atoms with E-state index < -0.39 is 12.1 Å². The fraction of sp³-hybridized carbons (Fsp3) is 0.931. The molecule has 2 unspecified atom stereocenters. The molecule has 0 radical (unpaired) electrons. The molecule has 0 saturated carbocycles. The zero-order chi connectivity index (χ0) is 46.5. The Hall–Kier alpha value is -1.40. The molecule has 2 atom stereocenters. The zero-order valence-electron chi connectivity index (χ0n) is 43.3. The number of amides is 1. The molecule has 0 spiro atoms. The lowest BCUT2D eigenvalue weighted by Crippen LogP contribution is -2.45. The number of hydrogen-bond acceptors (Lipinski definition) is 5. The molecule has 0 aromatic carbocycles. The Balaban J connectivity index is 3.49. The predicted octanol–water partition coefficient (Wildman–Crippen LogP) is 17.7. The molecule has 380 valence electrons. The molecular formula is C58H113NO5. The van der Waals surface area contributed by atoms with E-state index in [1.807, 2.05) is 0 Å². The van der Waals surface area contributed by atoms with Crippen molar-refractivity contribution in [1.29, 1.82) is 0 Å². The van der Waals surface area contributed by atoms with Crippen LogP contribution >= 0.6 is 0 Å². The van der Waals surface area contributed by atoms with E-state index in [9.17, 15) is 19.8 Å². The van der Waals surface area contributed by atoms with Gasteiger partial charge in [-0.2, -0.15) is 0 Å². The molecule has 3 N–H and O–H groups in total. The van der Waals surface area contributed by atoms with Crippen LogP contribution in [0.5, 0.6) is 0 Å². The first-order valence-electron chi connectivity index (χ1n) is 28.9. The van der Waals surface area contributed by atoms with E-state index in [4.69, 9.17) is 4.74 Å². The van der Waals surface area contributed by atoms with Crippen molar-refractivity contribution in [2.24, 2.45) is 0 Å². The summed E-state index contributed by atoms with van der Waals surface area (Å²) in [6.07, 6.45) is 63.5. The van der Waals surface area contributed by atoms with E-state index in [1.54, 1.807) is 0 Å². The van der Waals surface area contributed by atoms with E-state index in [0.29, 0.717) is 25.9 Å². The van der Waals surface area contributed by atoms with Gasteiger partial charge in [0, 0.05) is 12.8 Å². The monoisotopic (exact) mass is 904 g/mol. The molecule has 0 bridgehead atoms. The van der Waals surface area contributed by atoms with Crippen LogP contribution in [0.2, 0.25) is 0 Å². The second-order valence-electron chi connectivity index (χ2n) is 20.0. The molecule has 64 heavy (non-hydrogen) atoms. The van der Waals surface area contributed by atoms with Gasteiger partial charge in [0.05, 0.1) is 25.4 Å². The van der Waals surface area contributed by atoms with Crippen LogP contribution in [0.3, 0.4) is 0 Å². The van der Waals surface area contributed by atoms with Crippen LogP contribution in [0.4, 0.5) is 0 Å². The third kappa shape index (κ3) is 50.0. The van der Waals surface area contributed by atoms with Crippen molar-refractivity contribution in [2.45, 2.75) is 334 Å². The summed E-state index contributed by atoms with van der Waals surface area (Å²) in [5, 5.41) is 23.3. The number of aliphatic hydroxyl groups is 2. The van der Waals surface area contributed by atoms with Crippen molar-refractivity contribution >= 4 is 11.9 Å². The van der Waals surface area contributed by atoms with Crippen LogP contribution in [0.1, 0.15) is 322 Å². The molecule has 6 nitrogen and oxygen atoms in total. The summed E-state index contributed by atoms with van der Waals surface area (Å²) < 4.78 is 5.44. The van der Waals surface area contributed by atoms with Gasteiger partial charge in [0.2, 0.25) is 5.91 Å². The Morgan fingerprint density at radius 1 is 0.422 bits per heavy atom. The molecule has 0 aromatic heterocycles. The average molecular weight is 905 g/mol. The third-order valence-electron chi connectivity index (χ3n) is 13.6. The van der Waals surface area contributed by atoms with Gasteiger partial charge in [-0.25, -0.2) is 0 Å². The van der Waals surface area contributed by atoms with Crippen LogP contribution in [0.25, 0.3) is 0 Å². The topological polar surface area (TPSA) is 95.9 Å². The van der Waals surface area contributed by atoms with Crippen molar-refractivity contribution in [1.82, 2.24) is 5.32 Å². The Bertz CT molecular complexity index is 955. The SMILES string of the molecule is CCCCCCCCCCCCCCCCCCCCCCCCCC(O)C(CO)NC(=O)CCCCCC/C=C\CCCCOC(=O)CCCCCCCCCCCCCCCC.